The highest BCUT2D eigenvalue weighted by atomic mass is 35.5. The minimum Gasteiger partial charge on any atom is -0.467 e. The Hall–Kier alpha value is -2.77. The SMILES string of the molecule is Cc1ccc(S(=O)(=O)N(C)c2ccc(C(=O)NCc3ccco3)c(Cl)c2)cc1. The Morgan fingerprint density at radius 1 is 1.14 bits per heavy atom. The van der Waals surface area contributed by atoms with Crippen LogP contribution in [0.2, 0.25) is 5.02 Å². The van der Waals surface area contributed by atoms with Crippen molar-refractivity contribution < 1.29 is 17.6 Å². The van der Waals surface area contributed by atoms with Crippen LogP contribution in [0.15, 0.2) is 70.2 Å². The van der Waals surface area contributed by atoms with Crippen molar-refractivity contribution in [1.82, 2.24) is 5.32 Å². The van der Waals surface area contributed by atoms with Crippen LogP contribution in [-0.4, -0.2) is 21.4 Å². The van der Waals surface area contributed by atoms with Crippen LogP contribution in [0.1, 0.15) is 21.7 Å². The van der Waals surface area contributed by atoms with E-state index in [1.165, 1.54) is 25.4 Å². The number of rotatable bonds is 6. The normalized spacial score (nSPS) is 11.2. The van der Waals surface area contributed by atoms with E-state index in [-0.39, 0.29) is 27.9 Å². The Morgan fingerprint density at radius 3 is 2.46 bits per heavy atom. The van der Waals surface area contributed by atoms with Gasteiger partial charge in [-0.3, -0.25) is 9.10 Å². The van der Waals surface area contributed by atoms with Gasteiger partial charge in [0.2, 0.25) is 0 Å². The number of nitrogens with one attached hydrogen (secondary N) is 1. The van der Waals surface area contributed by atoms with E-state index in [2.05, 4.69) is 5.32 Å². The number of benzene rings is 2. The maximum absolute atomic E-state index is 12.8. The lowest BCUT2D eigenvalue weighted by Gasteiger charge is -2.20. The highest BCUT2D eigenvalue weighted by Gasteiger charge is 2.22. The van der Waals surface area contributed by atoms with Crippen molar-refractivity contribution in [2.24, 2.45) is 0 Å². The summed E-state index contributed by atoms with van der Waals surface area (Å²) in [6, 6.07) is 14.5. The van der Waals surface area contributed by atoms with E-state index in [1.54, 1.807) is 42.5 Å². The van der Waals surface area contributed by atoms with Crippen LogP contribution in [0.4, 0.5) is 5.69 Å². The number of carbonyl (C=O) groups is 1. The second-order valence-electron chi connectivity index (χ2n) is 6.21. The van der Waals surface area contributed by atoms with Gasteiger partial charge in [0.25, 0.3) is 15.9 Å². The van der Waals surface area contributed by atoms with Crippen LogP contribution in [-0.2, 0) is 16.6 Å². The minimum atomic E-state index is -3.74. The van der Waals surface area contributed by atoms with Crippen molar-refractivity contribution in [2.75, 3.05) is 11.4 Å². The Morgan fingerprint density at radius 2 is 1.86 bits per heavy atom. The third-order valence-electron chi connectivity index (χ3n) is 4.24. The fourth-order valence-electron chi connectivity index (χ4n) is 2.57. The van der Waals surface area contributed by atoms with Crippen LogP contribution in [0, 0.1) is 6.92 Å². The molecule has 6 nitrogen and oxygen atoms in total. The summed E-state index contributed by atoms with van der Waals surface area (Å²) in [6.07, 6.45) is 1.52. The number of hydrogen-bond acceptors (Lipinski definition) is 4. The lowest BCUT2D eigenvalue weighted by atomic mass is 10.2. The molecule has 2 aromatic carbocycles. The Labute approximate surface area is 168 Å². The summed E-state index contributed by atoms with van der Waals surface area (Å²) in [4.78, 5) is 12.5. The van der Waals surface area contributed by atoms with Crippen LogP contribution in [0.5, 0.6) is 0 Å². The molecule has 1 heterocycles. The smallest absolute Gasteiger partial charge is 0.264 e. The predicted molar refractivity (Wildman–Crippen MR) is 108 cm³/mol. The molecule has 0 spiro atoms. The summed E-state index contributed by atoms with van der Waals surface area (Å²) >= 11 is 6.24. The number of sulfonamides is 1. The molecule has 0 aliphatic rings. The van der Waals surface area contributed by atoms with Crippen LogP contribution < -0.4 is 9.62 Å². The molecule has 0 saturated carbocycles. The first-order valence-electron chi connectivity index (χ1n) is 8.45. The third kappa shape index (κ3) is 4.21. The van der Waals surface area contributed by atoms with Crippen molar-refractivity contribution in [3.63, 3.8) is 0 Å². The topological polar surface area (TPSA) is 79.6 Å². The Kier molecular flexibility index (Phi) is 5.76. The van der Waals surface area contributed by atoms with Gasteiger partial charge in [-0.25, -0.2) is 8.42 Å². The minimum absolute atomic E-state index is 0.153. The molecule has 0 aliphatic heterocycles. The van der Waals surface area contributed by atoms with Crippen LogP contribution >= 0.6 is 11.6 Å². The number of halogens is 1. The number of carbonyl (C=O) groups excluding carboxylic acids is 1. The monoisotopic (exact) mass is 418 g/mol. The van der Waals surface area contributed by atoms with Gasteiger partial charge in [0.15, 0.2) is 0 Å². The lowest BCUT2D eigenvalue weighted by molar-refractivity contribution is 0.0948. The fraction of sp³-hybridized carbons (Fsp3) is 0.150. The first-order chi connectivity index (χ1) is 13.3. The highest BCUT2D eigenvalue weighted by Crippen LogP contribution is 2.27. The molecule has 3 rings (SSSR count). The average Bonchev–Trinajstić information content (AvgIpc) is 3.19. The van der Waals surface area contributed by atoms with Gasteiger partial charge < -0.3 is 9.73 Å². The highest BCUT2D eigenvalue weighted by molar-refractivity contribution is 7.92. The summed E-state index contributed by atoms with van der Waals surface area (Å²) in [5.74, 6) is 0.238. The van der Waals surface area contributed by atoms with Gasteiger partial charge >= 0.3 is 0 Å². The van der Waals surface area contributed by atoms with Gasteiger partial charge in [0.1, 0.15) is 5.76 Å². The van der Waals surface area contributed by atoms with Gasteiger partial charge in [-0.2, -0.15) is 0 Å². The average molecular weight is 419 g/mol. The maximum Gasteiger partial charge on any atom is 0.264 e. The van der Waals surface area contributed by atoms with Crippen molar-refractivity contribution in [3.8, 4) is 0 Å². The van der Waals surface area contributed by atoms with Crippen molar-refractivity contribution in [2.45, 2.75) is 18.4 Å². The zero-order valence-corrected chi connectivity index (χ0v) is 16.9. The van der Waals surface area contributed by atoms with Crippen LogP contribution in [0.3, 0.4) is 0 Å². The van der Waals surface area contributed by atoms with Gasteiger partial charge in [0, 0.05) is 7.05 Å². The molecule has 0 bridgehead atoms. The standard InChI is InChI=1S/C20H19ClN2O4S/c1-14-5-8-17(9-6-14)28(25,26)23(2)15-7-10-18(19(21)12-15)20(24)22-13-16-4-3-11-27-16/h3-12H,13H2,1-2H3,(H,22,24). The molecule has 1 amide bonds. The molecule has 146 valence electrons. The second kappa shape index (κ2) is 8.08. The zero-order valence-electron chi connectivity index (χ0n) is 15.3. The summed E-state index contributed by atoms with van der Waals surface area (Å²) in [5, 5.41) is 2.86. The van der Waals surface area contributed by atoms with E-state index in [4.69, 9.17) is 16.0 Å². The molecule has 0 aliphatic carbocycles. The number of anilines is 1. The van der Waals surface area contributed by atoms with E-state index in [0.717, 1.165) is 9.87 Å². The second-order valence-corrected chi connectivity index (χ2v) is 8.59. The first-order valence-corrected chi connectivity index (χ1v) is 10.3. The first kappa shape index (κ1) is 20.0. The number of hydrogen-bond donors (Lipinski definition) is 1. The quantitative estimate of drug-likeness (QED) is 0.656. The molecule has 28 heavy (non-hydrogen) atoms. The molecular weight excluding hydrogens is 400 g/mol. The summed E-state index contributed by atoms with van der Waals surface area (Å²) < 4.78 is 31.9. The number of amides is 1. The molecule has 0 unspecified atom stereocenters. The van der Waals surface area contributed by atoms with E-state index in [1.807, 2.05) is 6.92 Å². The summed E-state index contributed by atoms with van der Waals surface area (Å²) in [5.41, 5.74) is 1.57. The molecule has 3 aromatic rings. The predicted octanol–water partition coefficient (Wildman–Crippen LogP) is 4.00. The lowest BCUT2D eigenvalue weighted by Crippen LogP contribution is -2.27. The number of furan rings is 1. The largest absolute Gasteiger partial charge is 0.467 e. The fourth-order valence-corrected chi connectivity index (χ4v) is 4.01. The van der Waals surface area contributed by atoms with Gasteiger partial charge in [0.05, 0.1) is 34.0 Å². The van der Waals surface area contributed by atoms with Gasteiger partial charge in [-0.1, -0.05) is 29.3 Å². The molecule has 0 fully saturated rings. The maximum atomic E-state index is 12.8. The molecule has 0 saturated heterocycles. The molecule has 1 aromatic heterocycles. The van der Waals surface area contributed by atoms with E-state index in [9.17, 15) is 13.2 Å². The summed E-state index contributed by atoms with van der Waals surface area (Å²) in [6.45, 7) is 2.11. The van der Waals surface area contributed by atoms with Gasteiger partial charge in [-0.05, 0) is 49.4 Å². The molecule has 0 atom stereocenters. The number of nitrogens with zero attached hydrogens (tertiary/aromatic N) is 1. The molecular formula is C20H19ClN2O4S. The van der Waals surface area contributed by atoms with Crippen molar-refractivity contribution >= 4 is 33.2 Å². The Bertz CT molecular complexity index is 1080. The van der Waals surface area contributed by atoms with E-state index in [0.29, 0.717) is 11.4 Å². The van der Waals surface area contributed by atoms with Gasteiger partial charge in [-0.15, -0.1) is 0 Å². The van der Waals surface area contributed by atoms with Crippen molar-refractivity contribution in [1.29, 1.82) is 0 Å². The van der Waals surface area contributed by atoms with E-state index >= 15 is 0 Å². The Balaban J connectivity index is 1.79. The molecule has 1 N–H and O–H groups in total. The molecule has 8 heteroatoms. The van der Waals surface area contributed by atoms with E-state index < -0.39 is 10.0 Å². The summed E-state index contributed by atoms with van der Waals surface area (Å²) in [7, 11) is -2.29. The third-order valence-corrected chi connectivity index (χ3v) is 6.36. The zero-order chi connectivity index (χ0) is 20.3. The number of aryl methyl sites for hydroxylation is 1. The van der Waals surface area contributed by atoms with Crippen molar-refractivity contribution in [3.05, 3.63) is 82.8 Å². The molecule has 0 radical (unpaired) electrons. The van der Waals surface area contributed by atoms with Crippen LogP contribution in [0.25, 0.3) is 0 Å².